The Morgan fingerprint density at radius 1 is 0.923 bits per heavy atom. The summed E-state index contributed by atoms with van der Waals surface area (Å²) >= 11 is 0. The molecule has 1 aromatic rings. The van der Waals surface area contributed by atoms with Crippen LogP contribution in [-0.2, 0) is 9.59 Å². The molecule has 0 unspecified atom stereocenters. The maximum absolute atomic E-state index is 12.4. The number of piperazine rings is 1. The van der Waals surface area contributed by atoms with Crippen LogP contribution in [0.1, 0.15) is 35.7 Å². The zero-order valence-electron chi connectivity index (χ0n) is 14.9. The second-order valence-electron chi connectivity index (χ2n) is 6.68. The van der Waals surface area contributed by atoms with E-state index in [2.05, 4.69) is 6.07 Å². The molecule has 0 spiro atoms. The normalized spacial score (nSPS) is 17.2. The number of nitriles is 1. The van der Waals surface area contributed by atoms with E-state index in [1.54, 1.807) is 28.0 Å². The first-order chi connectivity index (χ1) is 12.5. The summed E-state index contributed by atoms with van der Waals surface area (Å²) in [6, 6.07) is 7.11. The molecule has 2 amide bonds. The van der Waals surface area contributed by atoms with Gasteiger partial charge < -0.3 is 14.7 Å². The molecule has 0 atom stereocenters. The smallest absolute Gasteiger partial charge is 0.312 e. The molecular formula is C19H22N4O3. The number of likely N-dealkylation sites (tertiary alicyclic amines) is 1. The quantitative estimate of drug-likeness (QED) is 0.585. The Morgan fingerprint density at radius 3 is 2.04 bits per heavy atom. The highest BCUT2D eigenvalue weighted by Crippen LogP contribution is 2.24. The van der Waals surface area contributed by atoms with E-state index in [4.69, 9.17) is 5.26 Å². The Morgan fingerprint density at radius 2 is 1.50 bits per heavy atom. The zero-order valence-corrected chi connectivity index (χ0v) is 14.9. The van der Waals surface area contributed by atoms with Gasteiger partial charge in [0, 0.05) is 50.5 Å². The molecule has 136 valence electrons. The summed E-state index contributed by atoms with van der Waals surface area (Å²) < 4.78 is 0. The molecule has 2 aliphatic rings. The molecule has 1 aromatic carbocycles. The summed E-state index contributed by atoms with van der Waals surface area (Å²) in [5.74, 6) is -0.914. The van der Waals surface area contributed by atoms with Gasteiger partial charge in [0.2, 0.25) is 0 Å². The van der Waals surface area contributed by atoms with Gasteiger partial charge in [0.1, 0.15) is 0 Å². The van der Waals surface area contributed by atoms with Gasteiger partial charge in [0.25, 0.3) is 0 Å². The zero-order chi connectivity index (χ0) is 18.7. The van der Waals surface area contributed by atoms with Gasteiger partial charge in [-0.25, -0.2) is 0 Å². The highest BCUT2D eigenvalue weighted by molar-refractivity contribution is 6.35. The van der Waals surface area contributed by atoms with Crippen LogP contribution in [0.25, 0.3) is 0 Å². The van der Waals surface area contributed by atoms with Crippen LogP contribution in [0.5, 0.6) is 0 Å². The van der Waals surface area contributed by atoms with Crippen molar-refractivity contribution in [1.82, 2.24) is 9.80 Å². The average molecular weight is 354 g/mol. The lowest BCUT2D eigenvalue weighted by molar-refractivity contribution is -0.151. The first-order valence-corrected chi connectivity index (χ1v) is 8.89. The van der Waals surface area contributed by atoms with Crippen molar-refractivity contribution in [2.24, 2.45) is 0 Å². The molecule has 3 rings (SSSR count). The van der Waals surface area contributed by atoms with E-state index < -0.39 is 11.8 Å². The van der Waals surface area contributed by atoms with Gasteiger partial charge in [-0.15, -0.1) is 0 Å². The van der Waals surface area contributed by atoms with Gasteiger partial charge in [0.15, 0.2) is 5.78 Å². The highest BCUT2D eigenvalue weighted by Gasteiger charge is 2.31. The molecule has 7 heteroatoms. The molecule has 2 aliphatic heterocycles. The molecule has 2 heterocycles. The van der Waals surface area contributed by atoms with Crippen molar-refractivity contribution in [1.29, 1.82) is 5.26 Å². The fourth-order valence-corrected chi connectivity index (χ4v) is 3.50. The Balaban J connectivity index is 1.69. The van der Waals surface area contributed by atoms with Crippen LogP contribution >= 0.6 is 0 Å². The van der Waals surface area contributed by atoms with E-state index >= 15 is 0 Å². The van der Waals surface area contributed by atoms with Crippen molar-refractivity contribution in [3.63, 3.8) is 0 Å². The van der Waals surface area contributed by atoms with Gasteiger partial charge in [-0.3, -0.25) is 14.4 Å². The summed E-state index contributed by atoms with van der Waals surface area (Å²) in [6.07, 6.45) is 1.91. The van der Waals surface area contributed by atoms with Gasteiger partial charge in [-0.2, -0.15) is 5.26 Å². The summed E-state index contributed by atoms with van der Waals surface area (Å²) in [5.41, 5.74) is 1.78. The van der Waals surface area contributed by atoms with Crippen molar-refractivity contribution in [3.05, 3.63) is 29.3 Å². The summed E-state index contributed by atoms with van der Waals surface area (Å²) in [5, 5.41) is 9.12. The molecule has 0 saturated carbocycles. The lowest BCUT2D eigenvalue weighted by Crippen LogP contribution is -2.53. The Hall–Kier alpha value is -2.88. The van der Waals surface area contributed by atoms with Crippen LogP contribution in [-0.4, -0.2) is 66.7 Å². The number of ketones is 1. The summed E-state index contributed by atoms with van der Waals surface area (Å²) in [4.78, 5) is 41.8. The SMILES string of the molecule is CC(=O)c1ccc(C#N)cc1N1CCN(C(=O)C(=O)N2CCCC2)CC1. The van der Waals surface area contributed by atoms with Crippen molar-refractivity contribution in [2.45, 2.75) is 19.8 Å². The number of nitrogens with zero attached hydrogens (tertiary/aromatic N) is 4. The summed E-state index contributed by atoms with van der Waals surface area (Å²) in [6.45, 7) is 4.71. The van der Waals surface area contributed by atoms with E-state index in [9.17, 15) is 14.4 Å². The van der Waals surface area contributed by atoms with Crippen molar-refractivity contribution in [3.8, 4) is 6.07 Å². The molecule has 0 N–H and O–H groups in total. The largest absolute Gasteiger partial charge is 0.367 e. The number of anilines is 1. The van der Waals surface area contributed by atoms with Crippen LogP contribution in [0.15, 0.2) is 18.2 Å². The summed E-state index contributed by atoms with van der Waals surface area (Å²) in [7, 11) is 0. The first-order valence-electron chi connectivity index (χ1n) is 8.89. The maximum atomic E-state index is 12.4. The minimum Gasteiger partial charge on any atom is -0.367 e. The van der Waals surface area contributed by atoms with E-state index in [-0.39, 0.29) is 5.78 Å². The lowest BCUT2D eigenvalue weighted by atomic mass is 10.0. The van der Waals surface area contributed by atoms with E-state index in [1.807, 2.05) is 4.90 Å². The molecule has 0 aromatic heterocycles. The third kappa shape index (κ3) is 3.54. The van der Waals surface area contributed by atoms with Crippen LogP contribution in [0.3, 0.4) is 0 Å². The number of Topliss-reactive ketones (excluding diaryl/α,β-unsaturated/α-hetero) is 1. The first kappa shape index (κ1) is 17.9. The Kier molecular flexibility index (Phi) is 5.21. The van der Waals surface area contributed by atoms with E-state index in [0.717, 1.165) is 18.5 Å². The van der Waals surface area contributed by atoms with E-state index in [1.165, 1.54) is 6.92 Å². The van der Waals surface area contributed by atoms with Crippen molar-refractivity contribution >= 4 is 23.3 Å². The van der Waals surface area contributed by atoms with Crippen molar-refractivity contribution in [2.75, 3.05) is 44.2 Å². The third-order valence-corrected chi connectivity index (χ3v) is 4.99. The number of amides is 2. The van der Waals surface area contributed by atoms with Crippen molar-refractivity contribution < 1.29 is 14.4 Å². The maximum Gasteiger partial charge on any atom is 0.312 e. The lowest BCUT2D eigenvalue weighted by Gasteiger charge is -2.37. The minimum absolute atomic E-state index is 0.0628. The number of hydrogen-bond donors (Lipinski definition) is 0. The monoisotopic (exact) mass is 354 g/mol. The molecule has 2 saturated heterocycles. The van der Waals surface area contributed by atoms with Crippen LogP contribution in [0.4, 0.5) is 5.69 Å². The van der Waals surface area contributed by atoms with Gasteiger partial charge in [-0.05, 0) is 38.0 Å². The van der Waals surface area contributed by atoms with Gasteiger partial charge >= 0.3 is 11.8 Å². The Bertz CT molecular complexity index is 769. The number of carbonyl (C=O) groups excluding carboxylic acids is 3. The number of benzene rings is 1. The average Bonchev–Trinajstić information content (AvgIpc) is 3.21. The fraction of sp³-hybridized carbons (Fsp3) is 0.474. The topological polar surface area (TPSA) is 84.7 Å². The number of rotatable bonds is 2. The Labute approximate surface area is 152 Å². The number of carbonyl (C=O) groups is 3. The van der Waals surface area contributed by atoms with Gasteiger partial charge in [-0.1, -0.05) is 0 Å². The molecule has 0 radical (unpaired) electrons. The molecule has 2 fully saturated rings. The van der Waals surface area contributed by atoms with Crippen LogP contribution in [0.2, 0.25) is 0 Å². The second-order valence-corrected chi connectivity index (χ2v) is 6.68. The molecular weight excluding hydrogens is 332 g/mol. The third-order valence-electron chi connectivity index (χ3n) is 4.99. The highest BCUT2D eigenvalue weighted by atomic mass is 16.2. The minimum atomic E-state index is -0.441. The molecule has 0 aliphatic carbocycles. The molecule has 26 heavy (non-hydrogen) atoms. The predicted octanol–water partition coefficient (Wildman–Crippen LogP) is 1.03. The fourth-order valence-electron chi connectivity index (χ4n) is 3.50. The van der Waals surface area contributed by atoms with Gasteiger partial charge in [0.05, 0.1) is 11.6 Å². The van der Waals surface area contributed by atoms with E-state index in [0.29, 0.717) is 50.4 Å². The standard InChI is InChI=1S/C19H22N4O3/c1-14(24)16-5-4-15(13-20)12-17(16)21-8-10-23(11-9-21)19(26)18(25)22-6-2-3-7-22/h4-5,12H,2-3,6-11H2,1H3. The van der Waals surface area contributed by atoms with Crippen LogP contribution < -0.4 is 4.90 Å². The molecule has 0 bridgehead atoms. The predicted molar refractivity (Wildman–Crippen MR) is 95.8 cm³/mol. The number of hydrogen-bond acceptors (Lipinski definition) is 5. The van der Waals surface area contributed by atoms with Crippen LogP contribution in [0, 0.1) is 11.3 Å². The molecule has 7 nitrogen and oxygen atoms in total. The second kappa shape index (κ2) is 7.56.